The zero-order valence-corrected chi connectivity index (χ0v) is 29.1. The third-order valence-corrected chi connectivity index (χ3v) is 8.82. The highest BCUT2D eigenvalue weighted by Crippen LogP contribution is 2.23. The van der Waals surface area contributed by atoms with Crippen molar-refractivity contribution in [3.05, 3.63) is 71.8 Å². The molecule has 3 amide bonds. The summed E-state index contributed by atoms with van der Waals surface area (Å²) in [5, 5.41) is 3.20. The molecule has 4 saturated heterocycles. The Kier molecular flexibility index (Phi) is 13.1. The molecule has 1 N–H and O–H groups in total. The maximum atomic E-state index is 12.2. The van der Waals surface area contributed by atoms with Crippen LogP contribution in [0, 0.1) is 0 Å². The molecule has 0 spiro atoms. The molecular weight excluding hydrogens is 628 g/mol. The Hall–Kier alpha value is -3.87. The lowest BCUT2D eigenvalue weighted by Gasteiger charge is -2.42. The number of likely N-dealkylation sites (tertiary alicyclic amines) is 3. The minimum atomic E-state index is -0.481. The van der Waals surface area contributed by atoms with E-state index >= 15 is 0 Å². The molecule has 2 aromatic rings. The Morgan fingerprint density at radius 2 is 1.04 bits per heavy atom. The Bertz CT molecular complexity index is 1310. The number of ether oxygens (including phenoxy) is 5. The predicted molar refractivity (Wildman–Crippen MR) is 183 cm³/mol. The highest BCUT2D eigenvalue weighted by molar-refractivity contribution is 5.69. The van der Waals surface area contributed by atoms with E-state index in [9.17, 15) is 14.4 Å². The summed E-state index contributed by atoms with van der Waals surface area (Å²) in [6.07, 6.45) is 3.40. The topological polar surface area (TPSA) is 119 Å². The van der Waals surface area contributed by atoms with Gasteiger partial charge in [0.15, 0.2) is 0 Å². The first-order valence-corrected chi connectivity index (χ1v) is 17.5. The number of carbonyl (C=O) groups is 3. The van der Waals surface area contributed by atoms with E-state index in [2.05, 4.69) is 5.32 Å². The lowest BCUT2D eigenvalue weighted by molar-refractivity contribution is -0.105. The van der Waals surface area contributed by atoms with Crippen molar-refractivity contribution >= 4 is 18.3 Å². The summed E-state index contributed by atoms with van der Waals surface area (Å²) < 4.78 is 28.1. The van der Waals surface area contributed by atoms with Gasteiger partial charge >= 0.3 is 18.3 Å². The molecule has 0 aromatic heterocycles. The lowest BCUT2D eigenvalue weighted by atomic mass is 10.1. The van der Waals surface area contributed by atoms with Crippen LogP contribution < -0.4 is 5.32 Å². The number of carbonyl (C=O) groups excluding carboxylic acids is 3. The van der Waals surface area contributed by atoms with Crippen LogP contribution in [0.15, 0.2) is 60.7 Å². The van der Waals surface area contributed by atoms with E-state index in [1.54, 1.807) is 14.7 Å². The van der Waals surface area contributed by atoms with E-state index in [4.69, 9.17) is 23.7 Å². The van der Waals surface area contributed by atoms with Crippen LogP contribution in [0.4, 0.5) is 14.4 Å². The molecule has 6 rings (SSSR count). The van der Waals surface area contributed by atoms with Crippen molar-refractivity contribution in [2.75, 3.05) is 52.4 Å². The number of hydrogen-bond donors (Lipinski definition) is 1. The first kappa shape index (κ1) is 36.4. The molecule has 4 aliphatic heterocycles. The highest BCUT2D eigenvalue weighted by atomic mass is 16.6. The molecule has 12 nitrogen and oxygen atoms in total. The summed E-state index contributed by atoms with van der Waals surface area (Å²) in [6.45, 7) is 11.9. The highest BCUT2D eigenvalue weighted by Gasteiger charge is 2.37. The van der Waals surface area contributed by atoms with Gasteiger partial charge in [-0.15, -0.1) is 0 Å². The monoisotopic (exact) mass is 680 g/mol. The van der Waals surface area contributed by atoms with Crippen molar-refractivity contribution in [2.24, 2.45) is 0 Å². The van der Waals surface area contributed by atoms with Crippen molar-refractivity contribution in [1.82, 2.24) is 20.0 Å². The largest absolute Gasteiger partial charge is 0.445 e. The van der Waals surface area contributed by atoms with E-state index in [0.717, 1.165) is 63.0 Å². The van der Waals surface area contributed by atoms with Gasteiger partial charge in [0.2, 0.25) is 0 Å². The molecule has 49 heavy (non-hydrogen) atoms. The van der Waals surface area contributed by atoms with E-state index in [1.165, 1.54) is 0 Å². The van der Waals surface area contributed by atoms with Gasteiger partial charge < -0.3 is 43.7 Å². The summed E-state index contributed by atoms with van der Waals surface area (Å²) in [4.78, 5) is 41.3. The summed E-state index contributed by atoms with van der Waals surface area (Å²) in [5.41, 5.74) is 1.51. The molecule has 12 heteroatoms. The fourth-order valence-electron chi connectivity index (χ4n) is 5.87. The van der Waals surface area contributed by atoms with E-state index < -0.39 is 5.60 Å². The second-order valence-corrected chi connectivity index (χ2v) is 14.0. The fourth-order valence-corrected chi connectivity index (χ4v) is 5.87. The standard InChI is InChI=1S/C21H30N2O5.C16H22N2O3/c1-21(2,3)28-20(25)23-13-18(14-23)27-17-9-11-22(12-10-17)19(24)26-15-16-7-5-4-6-8-16;19-16(20-12-13-4-2-1-3-5-13)18-8-6-14(7-9-18)21-15-10-17-11-15/h4-8,17-18H,9-15H2,1-3H3;1-5,14-15,17H,6-12H2. The van der Waals surface area contributed by atoms with Crippen molar-refractivity contribution < 1.29 is 38.1 Å². The first-order valence-electron chi connectivity index (χ1n) is 17.5. The van der Waals surface area contributed by atoms with Gasteiger partial charge in [0, 0.05) is 39.3 Å². The summed E-state index contributed by atoms with van der Waals surface area (Å²) in [6, 6.07) is 19.4. The minimum absolute atomic E-state index is 0.0501. The van der Waals surface area contributed by atoms with Crippen LogP contribution in [-0.4, -0.2) is 115 Å². The average molecular weight is 681 g/mol. The molecule has 4 fully saturated rings. The van der Waals surface area contributed by atoms with Crippen LogP contribution in [0.1, 0.15) is 57.6 Å². The lowest BCUT2D eigenvalue weighted by Crippen LogP contribution is -2.57. The molecule has 2 aromatic carbocycles. The molecule has 4 aliphatic rings. The number of nitrogens with zero attached hydrogens (tertiary/aromatic N) is 3. The molecular formula is C37H52N4O8. The normalized spacial score (nSPS) is 19.2. The van der Waals surface area contributed by atoms with Crippen LogP contribution >= 0.6 is 0 Å². The van der Waals surface area contributed by atoms with Crippen LogP contribution in [0.5, 0.6) is 0 Å². The van der Waals surface area contributed by atoms with Gasteiger partial charge in [0.05, 0.1) is 37.5 Å². The summed E-state index contributed by atoms with van der Waals surface area (Å²) in [7, 11) is 0. The number of rotatable bonds is 8. The second-order valence-electron chi connectivity index (χ2n) is 14.0. The Labute approximate surface area is 289 Å². The van der Waals surface area contributed by atoms with Crippen molar-refractivity contribution in [3.63, 3.8) is 0 Å². The fraction of sp³-hybridized carbons (Fsp3) is 0.595. The number of nitrogens with one attached hydrogen (secondary N) is 1. The SMILES string of the molecule is CC(C)(C)OC(=O)N1CC(OC2CCN(C(=O)OCc3ccccc3)CC2)C1.O=C(OCc1ccccc1)N1CCC(OC2CNC2)CC1. The van der Waals surface area contributed by atoms with Crippen LogP contribution in [0.3, 0.4) is 0 Å². The predicted octanol–water partition coefficient (Wildman–Crippen LogP) is 5.20. The van der Waals surface area contributed by atoms with E-state index in [1.807, 2.05) is 81.4 Å². The molecule has 0 atom stereocenters. The third kappa shape index (κ3) is 11.9. The second kappa shape index (κ2) is 17.7. The molecule has 0 unspecified atom stereocenters. The maximum absolute atomic E-state index is 12.2. The average Bonchev–Trinajstić information content (AvgIpc) is 3.06. The van der Waals surface area contributed by atoms with Crippen molar-refractivity contribution in [3.8, 4) is 0 Å². The number of piperidine rings is 2. The zero-order chi connectivity index (χ0) is 34.6. The molecule has 0 bridgehead atoms. The van der Waals surface area contributed by atoms with Crippen LogP contribution in [0.25, 0.3) is 0 Å². The Morgan fingerprint density at radius 3 is 1.43 bits per heavy atom. The van der Waals surface area contributed by atoms with Crippen molar-refractivity contribution in [1.29, 1.82) is 0 Å². The summed E-state index contributed by atoms with van der Waals surface area (Å²) >= 11 is 0. The van der Waals surface area contributed by atoms with E-state index in [0.29, 0.717) is 45.5 Å². The number of hydrogen-bond acceptors (Lipinski definition) is 9. The van der Waals surface area contributed by atoms with Crippen LogP contribution in [-0.2, 0) is 36.9 Å². The smallest absolute Gasteiger partial charge is 0.410 e. The quantitative estimate of drug-likeness (QED) is 0.376. The number of amides is 3. The third-order valence-electron chi connectivity index (χ3n) is 8.82. The van der Waals surface area contributed by atoms with Crippen molar-refractivity contribution in [2.45, 2.75) is 89.7 Å². The maximum Gasteiger partial charge on any atom is 0.410 e. The Morgan fingerprint density at radius 1 is 0.612 bits per heavy atom. The minimum Gasteiger partial charge on any atom is -0.445 e. The van der Waals surface area contributed by atoms with Gasteiger partial charge in [-0.3, -0.25) is 0 Å². The zero-order valence-electron chi connectivity index (χ0n) is 29.1. The summed E-state index contributed by atoms with van der Waals surface area (Å²) in [5.74, 6) is 0. The molecule has 0 saturated carbocycles. The molecule has 268 valence electrons. The van der Waals surface area contributed by atoms with Gasteiger partial charge in [0.25, 0.3) is 0 Å². The van der Waals surface area contributed by atoms with Gasteiger partial charge in [-0.25, -0.2) is 14.4 Å². The molecule has 0 aliphatic carbocycles. The van der Waals surface area contributed by atoms with E-state index in [-0.39, 0.29) is 36.6 Å². The van der Waals surface area contributed by atoms with Gasteiger partial charge in [-0.2, -0.15) is 0 Å². The van der Waals surface area contributed by atoms with Crippen LogP contribution in [0.2, 0.25) is 0 Å². The Balaban J connectivity index is 0.000000199. The van der Waals surface area contributed by atoms with Gasteiger partial charge in [0.1, 0.15) is 18.8 Å². The molecule has 0 radical (unpaired) electrons. The molecule has 4 heterocycles. The van der Waals surface area contributed by atoms with Gasteiger partial charge in [-0.1, -0.05) is 60.7 Å². The number of benzene rings is 2. The van der Waals surface area contributed by atoms with Gasteiger partial charge in [-0.05, 0) is 57.6 Å². The first-order chi connectivity index (χ1) is 23.6.